The fourth-order valence-electron chi connectivity index (χ4n) is 4.47. The van der Waals surface area contributed by atoms with Gasteiger partial charge in [0.05, 0.1) is 28.5 Å². The number of alkyl halides is 3. The van der Waals surface area contributed by atoms with Crippen molar-refractivity contribution in [3.63, 3.8) is 0 Å². The van der Waals surface area contributed by atoms with Gasteiger partial charge in [0.15, 0.2) is 0 Å². The Kier molecular flexibility index (Phi) is 3.48. The van der Waals surface area contributed by atoms with Crippen molar-refractivity contribution in [1.29, 1.82) is 0 Å². The molecule has 6 heteroatoms. The van der Waals surface area contributed by atoms with Crippen molar-refractivity contribution in [1.82, 2.24) is 15.2 Å². The summed E-state index contributed by atoms with van der Waals surface area (Å²) in [6.07, 6.45) is 3.28. The third-order valence-corrected chi connectivity index (χ3v) is 5.72. The predicted octanol–water partition coefficient (Wildman–Crippen LogP) is 5.51. The lowest BCUT2D eigenvalue weighted by atomic mass is 9.80. The summed E-state index contributed by atoms with van der Waals surface area (Å²) in [6.45, 7) is 2.15. The number of aromatic nitrogens is 3. The first-order valence-electron chi connectivity index (χ1n) is 9.19. The van der Waals surface area contributed by atoms with E-state index < -0.39 is 11.7 Å². The zero-order valence-corrected chi connectivity index (χ0v) is 14.8. The molecule has 1 N–H and O–H groups in total. The Labute approximate surface area is 154 Å². The molecule has 2 heterocycles. The maximum Gasteiger partial charge on any atom is 0.416 e. The van der Waals surface area contributed by atoms with Gasteiger partial charge in [0.1, 0.15) is 0 Å². The standard InChI is InChI=1S/C21H18F3N3/c1-11-5-6-12-14(9-11)20(13-3-2-4-16(13)21(22,23)24)26-18-8-7-17-15(19(12)18)10-25-27-17/h3-4,7-8,10-11H,2,5-6,9H2,1H3,(H,25,27). The molecular weight excluding hydrogens is 351 g/mol. The lowest BCUT2D eigenvalue weighted by molar-refractivity contribution is -0.0870. The molecule has 27 heavy (non-hydrogen) atoms. The fraction of sp³-hybridized carbons (Fsp3) is 0.333. The van der Waals surface area contributed by atoms with Crippen LogP contribution < -0.4 is 0 Å². The molecular formula is C21H18F3N3. The average Bonchev–Trinajstić information content (AvgIpc) is 3.29. The van der Waals surface area contributed by atoms with Gasteiger partial charge in [-0.2, -0.15) is 18.3 Å². The van der Waals surface area contributed by atoms with Crippen LogP contribution >= 0.6 is 0 Å². The van der Waals surface area contributed by atoms with Gasteiger partial charge in [-0.1, -0.05) is 19.1 Å². The van der Waals surface area contributed by atoms with Gasteiger partial charge >= 0.3 is 6.18 Å². The topological polar surface area (TPSA) is 41.6 Å². The molecule has 138 valence electrons. The average molecular weight is 369 g/mol. The molecule has 0 radical (unpaired) electrons. The highest BCUT2D eigenvalue weighted by Crippen LogP contribution is 2.44. The van der Waals surface area contributed by atoms with Gasteiger partial charge in [0, 0.05) is 16.3 Å². The summed E-state index contributed by atoms with van der Waals surface area (Å²) < 4.78 is 40.6. The van der Waals surface area contributed by atoms with Gasteiger partial charge < -0.3 is 0 Å². The van der Waals surface area contributed by atoms with Crippen LogP contribution in [0.2, 0.25) is 0 Å². The van der Waals surface area contributed by atoms with E-state index in [-0.39, 0.29) is 5.57 Å². The van der Waals surface area contributed by atoms with Crippen molar-refractivity contribution in [3.8, 4) is 0 Å². The van der Waals surface area contributed by atoms with Crippen LogP contribution in [0.3, 0.4) is 0 Å². The Balaban J connectivity index is 1.82. The molecule has 0 spiro atoms. The summed E-state index contributed by atoms with van der Waals surface area (Å²) in [6, 6.07) is 3.77. The highest BCUT2D eigenvalue weighted by Gasteiger charge is 2.39. The van der Waals surface area contributed by atoms with E-state index in [1.807, 2.05) is 12.1 Å². The third kappa shape index (κ3) is 2.50. The number of nitrogens with one attached hydrogen (secondary N) is 1. The van der Waals surface area contributed by atoms with E-state index in [0.29, 0.717) is 18.0 Å². The molecule has 0 bridgehead atoms. The molecule has 3 aromatic rings. The zero-order valence-electron chi connectivity index (χ0n) is 14.8. The SMILES string of the molecule is CC1CCc2c(c(C3=CCC=C3C(F)(F)F)nc3ccc4[nH]ncc4c23)C1. The summed E-state index contributed by atoms with van der Waals surface area (Å²) in [5.74, 6) is 0.430. The van der Waals surface area contributed by atoms with Crippen molar-refractivity contribution < 1.29 is 13.2 Å². The van der Waals surface area contributed by atoms with Crippen LogP contribution in [-0.2, 0) is 12.8 Å². The van der Waals surface area contributed by atoms with Crippen LogP contribution in [0, 0.1) is 5.92 Å². The number of benzene rings is 1. The lowest BCUT2D eigenvalue weighted by Gasteiger charge is -2.26. The molecule has 0 fully saturated rings. The minimum Gasteiger partial charge on any atom is -0.278 e. The zero-order chi connectivity index (χ0) is 18.8. The quantitative estimate of drug-likeness (QED) is 0.614. The number of pyridine rings is 1. The Morgan fingerprint density at radius 1 is 1.15 bits per heavy atom. The summed E-state index contributed by atoms with van der Waals surface area (Å²) in [4.78, 5) is 4.75. The number of allylic oxidation sites excluding steroid dienone is 4. The second-order valence-electron chi connectivity index (χ2n) is 7.53. The van der Waals surface area contributed by atoms with Crippen LogP contribution in [0.1, 0.15) is 36.6 Å². The number of fused-ring (bicyclic) bond motifs is 5. The number of hydrogen-bond donors (Lipinski definition) is 1. The minimum absolute atomic E-state index is 0.238. The molecule has 0 amide bonds. The molecule has 1 unspecified atom stereocenters. The Bertz CT molecular complexity index is 1130. The molecule has 2 aliphatic rings. The van der Waals surface area contributed by atoms with E-state index in [4.69, 9.17) is 4.98 Å². The first kappa shape index (κ1) is 16.5. The van der Waals surface area contributed by atoms with Crippen LogP contribution in [0.4, 0.5) is 13.2 Å². The summed E-state index contributed by atoms with van der Waals surface area (Å²) >= 11 is 0. The number of H-pyrrole nitrogens is 1. The van der Waals surface area contributed by atoms with Gasteiger partial charge in [-0.15, -0.1) is 0 Å². The monoisotopic (exact) mass is 369 g/mol. The number of halogens is 3. The van der Waals surface area contributed by atoms with Crippen molar-refractivity contribution in [2.24, 2.45) is 5.92 Å². The van der Waals surface area contributed by atoms with Crippen LogP contribution in [0.15, 0.2) is 36.1 Å². The Morgan fingerprint density at radius 3 is 2.81 bits per heavy atom. The van der Waals surface area contributed by atoms with Crippen LogP contribution in [0.25, 0.3) is 27.4 Å². The fourth-order valence-corrected chi connectivity index (χ4v) is 4.47. The second-order valence-corrected chi connectivity index (χ2v) is 7.53. The third-order valence-electron chi connectivity index (χ3n) is 5.72. The minimum atomic E-state index is -4.36. The molecule has 0 aliphatic heterocycles. The Morgan fingerprint density at radius 2 is 2.00 bits per heavy atom. The van der Waals surface area contributed by atoms with Gasteiger partial charge in [-0.3, -0.25) is 5.10 Å². The highest BCUT2D eigenvalue weighted by molar-refractivity contribution is 6.07. The second kappa shape index (κ2) is 5.68. The van der Waals surface area contributed by atoms with Crippen molar-refractivity contribution in [3.05, 3.63) is 52.9 Å². The smallest absolute Gasteiger partial charge is 0.278 e. The summed E-state index contributed by atoms with van der Waals surface area (Å²) in [5.41, 5.74) is 3.96. The van der Waals surface area contributed by atoms with Crippen molar-refractivity contribution in [2.75, 3.05) is 0 Å². The lowest BCUT2D eigenvalue weighted by Crippen LogP contribution is -2.18. The summed E-state index contributed by atoms with van der Waals surface area (Å²) in [5, 5.41) is 9.14. The molecule has 0 saturated carbocycles. The molecule has 1 atom stereocenters. The molecule has 2 aromatic heterocycles. The van der Waals surface area contributed by atoms with Crippen LogP contribution in [0.5, 0.6) is 0 Å². The first-order chi connectivity index (χ1) is 12.9. The number of rotatable bonds is 1. The molecule has 2 aliphatic carbocycles. The number of aromatic amines is 1. The van der Waals surface area contributed by atoms with Gasteiger partial charge in [0.25, 0.3) is 0 Å². The van der Waals surface area contributed by atoms with E-state index in [1.165, 1.54) is 6.08 Å². The molecule has 5 rings (SSSR count). The first-order valence-corrected chi connectivity index (χ1v) is 9.19. The van der Waals surface area contributed by atoms with Gasteiger partial charge in [0.2, 0.25) is 0 Å². The molecule has 0 saturated heterocycles. The normalized spacial score (nSPS) is 20.1. The van der Waals surface area contributed by atoms with Crippen LogP contribution in [-0.4, -0.2) is 21.4 Å². The van der Waals surface area contributed by atoms with Crippen molar-refractivity contribution in [2.45, 2.75) is 38.8 Å². The van der Waals surface area contributed by atoms with E-state index >= 15 is 0 Å². The highest BCUT2D eigenvalue weighted by atomic mass is 19.4. The predicted molar refractivity (Wildman–Crippen MR) is 99.3 cm³/mol. The molecule has 3 nitrogen and oxygen atoms in total. The van der Waals surface area contributed by atoms with E-state index in [2.05, 4.69) is 17.1 Å². The van der Waals surface area contributed by atoms with E-state index in [1.54, 1.807) is 12.3 Å². The van der Waals surface area contributed by atoms with Gasteiger partial charge in [-0.25, -0.2) is 4.98 Å². The van der Waals surface area contributed by atoms with E-state index in [0.717, 1.165) is 52.2 Å². The number of hydrogen-bond acceptors (Lipinski definition) is 2. The number of aryl methyl sites for hydroxylation is 1. The number of nitrogens with zero attached hydrogens (tertiary/aromatic N) is 2. The maximum absolute atomic E-state index is 13.5. The largest absolute Gasteiger partial charge is 0.416 e. The van der Waals surface area contributed by atoms with Crippen molar-refractivity contribution >= 4 is 27.4 Å². The maximum atomic E-state index is 13.5. The van der Waals surface area contributed by atoms with Gasteiger partial charge in [-0.05, 0) is 54.9 Å². The molecule has 1 aromatic carbocycles. The van der Waals surface area contributed by atoms with E-state index in [9.17, 15) is 13.2 Å². The Hall–Kier alpha value is -2.63. The summed E-state index contributed by atoms with van der Waals surface area (Å²) in [7, 11) is 0.